The average molecular weight is 371 g/mol. The van der Waals surface area contributed by atoms with Gasteiger partial charge in [0.25, 0.3) is 10.0 Å². The zero-order valence-electron chi connectivity index (χ0n) is 13.4. The van der Waals surface area contributed by atoms with Gasteiger partial charge in [0.1, 0.15) is 10.0 Å². The van der Waals surface area contributed by atoms with E-state index in [1.807, 2.05) is 6.07 Å². The molecule has 0 atom stereocenters. The highest BCUT2D eigenvalue weighted by atomic mass is 32.2. The van der Waals surface area contributed by atoms with Crippen LogP contribution in [-0.2, 0) is 23.0 Å². The summed E-state index contributed by atoms with van der Waals surface area (Å²) in [5.41, 5.74) is 3.72. The highest BCUT2D eigenvalue weighted by molar-refractivity contribution is 7.94. The standard InChI is InChI=1S/C18H17N3O2S2/c22-25(23,18-6-3-11-24-18)20-17-8-7-16(12-19-17)21-10-9-14-4-1-2-5-15(14)13-21/h1-8,11-12H,9-10,13H2,(H,19,20). The van der Waals surface area contributed by atoms with Gasteiger partial charge in [0, 0.05) is 13.1 Å². The molecule has 0 saturated heterocycles. The second-order valence-electron chi connectivity index (χ2n) is 5.88. The Labute approximate surface area is 151 Å². The Bertz CT molecular complexity index is 968. The van der Waals surface area contributed by atoms with Crippen molar-refractivity contribution in [2.45, 2.75) is 17.2 Å². The summed E-state index contributed by atoms with van der Waals surface area (Å²) < 4.78 is 27.3. The summed E-state index contributed by atoms with van der Waals surface area (Å²) in [6, 6.07) is 15.4. The summed E-state index contributed by atoms with van der Waals surface area (Å²) in [4.78, 5) is 6.53. The molecule has 2 aromatic heterocycles. The molecule has 3 heterocycles. The van der Waals surface area contributed by atoms with Gasteiger partial charge in [0.15, 0.2) is 0 Å². The smallest absolute Gasteiger partial charge is 0.272 e. The van der Waals surface area contributed by atoms with E-state index in [1.165, 1.54) is 22.5 Å². The lowest BCUT2D eigenvalue weighted by atomic mass is 10.00. The largest absolute Gasteiger partial charge is 0.366 e. The maximum atomic E-state index is 12.2. The van der Waals surface area contributed by atoms with Crippen molar-refractivity contribution >= 4 is 32.9 Å². The molecule has 25 heavy (non-hydrogen) atoms. The third-order valence-corrected chi connectivity index (χ3v) is 6.99. The van der Waals surface area contributed by atoms with Gasteiger partial charge in [-0.2, -0.15) is 0 Å². The fourth-order valence-electron chi connectivity index (χ4n) is 2.95. The molecule has 5 nitrogen and oxygen atoms in total. The van der Waals surface area contributed by atoms with E-state index in [4.69, 9.17) is 0 Å². The summed E-state index contributed by atoms with van der Waals surface area (Å²) in [5.74, 6) is 0.328. The van der Waals surface area contributed by atoms with Gasteiger partial charge < -0.3 is 4.90 Å². The van der Waals surface area contributed by atoms with Crippen molar-refractivity contribution in [3.63, 3.8) is 0 Å². The quantitative estimate of drug-likeness (QED) is 0.762. The molecule has 0 unspecified atom stereocenters. The first-order valence-electron chi connectivity index (χ1n) is 7.96. The predicted octanol–water partition coefficient (Wildman–Crippen LogP) is 3.51. The maximum absolute atomic E-state index is 12.2. The maximum Gasteiger partial charge on any atom is 0.272 e. The number of aromatic nitrogens is 1. The number of sulfonamides is 1. The first-order valence-corrected chi connectivity index (χ1v) is 10.3. The Morgan fingerprint density at radius 3 is 2.60 bits per heavy atom. The molecule has 0 aliphatic carbocycles. The van der Waals surface area contributed by atoms with Crippen LogP contribution in [-0.4, -0.2) is 19.9 Å². The first-order chi connectivity index (χ1) is 12.1. The highest BCUT2D eigenvalue weighted by Gasteiger charge is 2.18. The summed E-state index contributed by atoms with van der Waals surface area (Å²) in [7, 11) is -3.56. The molecule has 1 N–H and O–H groups in total. The van der Waals surface area contributed by atoms with E-state index in [0.29, 0.717) is 5.82 Å². The minimum atomic E-state index is -3.56. The van der Waals surface area contributed by atoms with Gasteiger partial charge in [-0.1, -0.05) is 30.3 Å². The van der Waals surface area contributed by atoms with Crippen LogP contribution in [0.3, 0.4) is 0 Å². The Morgan fingerprint density at radius 1 is 1.04 bits per heavy atom. The number of benzene rings is 1. The molecule has 4 rings (SSSR count). The van der Waals surface area contributed by atoms with E-state index < -0.39 is 10.0 Å². The third-order valence-electron chi connectivity index (χ3n) is 4.24. The van der Waals surface area contributed by atoms with Crippen molar-refractivity contribution < 1.29 is 8.42 Å². The summed E-state index contributed by atoms with van der Waals surface area (Å²) in [6.07, 6.45) is 2.73. The molecule has 0 amide bonds. The zero-order chi connectivity index (χ0) is 17.3. The van der Waals surface area contributed by atoms with Gasteiger partial charge in [0.05, 0.1) is 11.9 Å². The molecular formula is C18H17N3O2S2. The van der Waals surface area contributed by atoms with Gasteiger partial charge in [0.2, 0.25) is 0 Å². The van der Waals surface area contributed by atoms with Gasteiger partial charge >= 0.3 is 0 Å². The van der Waals surface area contributed by atoms with Crippen molar-refractivity contribution in [2.75, 3.05) is 16.2 Å². The molecule has 0 radical (unpaired) electrons. The SMILES string of the molecule is O=S(=O)(Nc1ccc(N2CCc3ccccc3C2)cn1)c1cccs1. The fourth-order valence-corrected chi connectivity index (χ4v) is 4.96. The molecule has 3 aromatic rings. The zero-order valence-corrected chi connectivity index (χ0v) is 15.1. The second kappa shape index (κ2) is 6.50. The normalized spacial score (nSPS) is 14.2. The van der Waals surface area contributed by atoms with E-state index in [2.05, 4.69) is 38.9 Å². The average Bonchev–Trinajstić information content (AvgIpc) is 3.17. The lowest BCUT2D eigenvalue weighted by Gasteiger charge is -2.30. The number of thiophene rings is 1. The number of rotatable bonds is 4. The highest BCUT2D eigenvalue weighted by Crippen LogP contribution is 2.25. The lowest BCUT2D eigenvalue weighted by molar-refractivity contribution is 0.603. The van der Waals surface area contributed by atoms with Gasteiger partial charge in [-0.15, -0.1) is 11.3 Å². The lowest BCUT2D eigenvalue weighted by Crippen LogP contribution is -2.30. The van der Waals surface area contributed by atoms with E-state index in [0.717, 1.165) is 25.2 Å². The van der Waals surface area contributed by atoms with Crippen molar-refractivity contribution in [2.24, 2.45) is 0 Å². The van der Waals surface area contributed by atoms with Gasteiger partial charge in [-0.05, 0) is 41.1 Å². The molecule has 128 valence electrons. The molecule has 1 aliphatic heterocycles. The van der Waals surface area contributed by atoms with Crippen molar-refractivity contribution in [1.29, 1.82) is 0 Å². The number of hydrogen-bond acceptors (Lipinski definition) is 5. The Hall–Kier alpha value is -2.38. The Morgan fingerprint density at radius 2 is 1.88 bits per heavy atom. The molecule has 1 aromatic carbocycles. The summed E-state index contributed by atoms with van der Waals surface area (Å²) in [6.45, 7) is 1.77. The third kappa shape index (κ3) is 3.38. The van der Waals surface area contributed by atoms with Crippen LogP contribution in [0.5, 0.6) is 0 Å². The van der Waals surface area contributed by atoms with E-state index in [1.54, 1.807) is 29.8 Å². The minimum absolute atomic E-state index is 0.283. The number of fused-ring (bicyclic) bond motifs is 1. The monoisotopic (exact) mass is 371 g/mol. The summed E-state index contributed by atoms with van der Waals surface area (Å²) in [5, 5.41) is 1.74. The van der Waals surface area contributed by atoms with Crippen LogP contribution in [0.15, 0.2) is 64.3 Å². The first kappa shape index (κ1) is 16.1. The Kier molecular flexibility index (Phi) is 4.19. The fraction of sp³-hybridized carbons (Fsp3) is 0.167. The molecular weight excluding hydrogens is 354 g/mol. The molecule has 0 bridgehead atoms. The summed E-state index contributed by atoms with van der Waals surface area (Å²) >= 11 is 1.18. The second-order valence-corrected chi connectivity index (χ2v) is 8.74. The van der Waals surface area contributed by atoms with E-state index >= 15 is 0 Å². The predicted molar refractivity (Wildman–Crippen MR) is 101 cm³/mol. The topological polar surface area (TPSA) is 62.3 Å². The number of anilines is 2. The van der Waals surface area contributed by atoms with Gasteiger partial charge in [-0.3, -0.25) is 4.72 Å². The van der Waals surface area contributed by atoms with E-state index in [-0.39, 0.29) is 4.21 Å². The van der Waals surface area contributed by atoms with Crippen LogP contribution >= 0.6 is 11.3 Å². The van der Waals surface area contributed by atoms with Crippen LogP contribution in [0.25, 0.3) is 0 Å². The molecule has 0 saturated carbocycles. The van der Waals surface area contributed by atoms with Crippen LogP contribution in [0.4, 0.5) is 11.5 Å². The minimum Gasteiger partial charge on any atom is -0.366 e. The van der Waals surface area contributed by atoms with Gasteiger partial charge in [-0.25, -0.2) is 13.4 Å². The van der Waals surface area contributed by atoms with Crippen LogP contribution in [0.2, 0.25) is 0 Å². The van der Waals surface area contributed by atoms with Crippen molar-refractivity contribution in [3.8, 4) is 0 Å². The number of nitrogens with one attached hydrogen (secondary N) is 1. The molecule has 1 aliphatic rings. The van der Waals surface area contributed by atoms with E-state index in [9.17, 15) is 8.42 Å². The van der Waals surface area contributed by atoms with Crippen LogP contribution in [0, 0.1) is 0 Å². The van der Waals surface area contributed by atoms with Crippen LogP contribution < -0.4 is 9.62 Å². The molecule has 0 fully saturated rings. The molecule has 7 heteroatoms. The Balaban J connectivity index is 1.50. The van der Waals surface area contributed by atoms with Crippen molar-refractivity contribution in [3.05, 3.63) is 71.2 Å². The van der Waals surface area contributed by atoms with Crippen LogP contribution in [0.1, 0.15) is 11.1 Å². The number of hydrogen-bond donors (Lipinski definition) is 1. The number of nitrogens with zero attached hydrogens (tertiary/aromatic N) is 2. The molecule has 0 spiro atoms. The number of pyridine rings is 1. The van der Waals surface area contributed by atoms with Crippen molar-refractivity contribution in [1.82, 2.24) is 4.98 Å².